The van der Waals surface area contributed by atoms with Crippen LogP contribution < -0.4 is 14.2 Å². The van der Waals surface area contributed by atoms with Gasteiger partial charge in [-0.2, -0.15) is 17.2 Å². The maximum Gasteiger partial charge on any atom is 0.301 e. The van der Waals surface area contributed by atoms with Crippen LogP contribution in [0.1, 0.15) is 11.4 Å². The van der Waals surface area contributed by atoms with E-state index in [9.17, 15) is 17.2 Å². The van der Waals surface area contributed by atoms with Crippen molar-refractivity contribution in [3.05, 3.63) is 64.6 Å². The van der Waals surface area contributed by atoms with Crippen molar-refractivity contribution in [2.24, 2.45) is 0 Å². The number of thioether (sulfide) groups is 1. The summed E-state index contributed by atoms with van der Waals surface area (Å²) in [5.41, 5.74) is 1.86. The molecular weight excluding hydrogens is 569 g/mol. The minimum Gasteiger partial charge on any atom is -0.497 e. The topological polar surface area (TPSA) is 117 Å². The van der Waals surface area contributed by atoms with E-state index in [1.807, 2.05) is 65.2 Å². The van der Waals surface area contributed by atoms with Gasteiger partial charge in [0.1, 0.15) is 16.2 Å². The van der Waals surface area contributed by atoms with Crippen molar-refractivity contribution in [2.45, 2.75) is 17.9 Å². The van der Waals surface area contributed by atoms with Gasteiger partial charge in [-0.25, -0.2) is 0 Å². The van der Waals surface area contributed by atoms with E-state index in [4.69, 9.17) is 13.5 Å². The lowest BCUT2D eigenvalue weighted by molar-refractivity contribution is -0.663. The highest BCUT2D eigenvalue weighted by atomic mass is 32.2. The average molecular weight is 594 g/mol. The Morgan fingerprint density at radius 2 is 1.97 bits per heavy atom. The molecule has 0 saturated carbocycles. The molecule has 1 aromatic heterocycles. The fourth-order valence-corrected chi connectivity index (χ4v) is 7.41. The fourth-order valence-electron chi connectivity index (χ4n) is 4.41. The van der Waals surface area contributed by atoms with Crippen LogP contribution in [0.3, 0.4) is 0 Å². The molecule has 38 heavy (non-hydrogen) atoms. The quantitative estimate of drug-likeness (QED) is 0.117. The third-order valence-electron chi connectivity index (χ3n) is 6.08. The summed E-state index contributed by atoms with van der Waals surface area (Å²) in [5.74, 6) is 0.298. The zero-order valence-electron chi connectivity index (χ0n) is 20.3. The largest absolute Gasteiger partial charge is 0.497 e. The van der Waals surface area contributed by atoms with Crippen LogP contribution in [0.15, 0.2) is 64.5 Å². The van der Waals surface area contributed by atoms with Gasteiger partial charge in [-0.15, -0.1) is 0 Å². The van der Waals surface area contributed by atoms with E-state index >= 15 is 0 Å². The van der Waals surface area contributed by atoms with Crippen LogP contribution in [-0.4, -0.2) is 47.7 Å². The van der Waals surface area contributed by atoms with Crippen LogP contribution in [0.25, 0.3) is 27.1 Å². The molecule has 5 rings (SSSR count). The van der Waals surface area contributed by atoms with E-state index in [1.54, 1.807) is 30.2 Å². The molecule has 9 nitrogen and oxygen atoms in total. The number of hydrogen-bond donors (Lipinski definition) is 2. The van der Waals surface area contributed by atoms with Gasteiger partial charge in [0.25, 0.3) is 15.1 Å². The molecule has 4 aromatic rings. The van der Waals surface area contributed by atoms with Gasteiger partial charge in [0.15, 0.2) is 6.54 Å². The Hall–Kier alpha value is -2.52. The predicted molar refractivity (Wildman–Crippen MR) is 151 cm³/mol. The molecule has 3 aromatic carbocycles. The maximum atomic E-state index is 11.7. The van der Waals surface area contributed by atoms with Crippen LogP contribution >= 0.6 is 23.1 Å². The molecule has 2 N–H and O–H groups in total. The number of nitrogens with zero attached hydrogens (tertiary/aromatic N) is 2. The fraction of sp³-hybridized carbons (Fsp3) is 0.240. The molecule has 0 amide bonds. The Morgan fingerprint density at radius 1 is 1.16 bits per heavy atom. The molecule has 0 aliphatic carbocycles. The zero-order chi connectivity index (χ0) is 26.9. The molecule has 0 bridgehead atoms. The van der Waals surface area contributed by atoms with Crippen molar-refractivity contribution in [3.63, 3.8) is 0 Å². The van der Waals surface area contributed by atoms with E-state index in [1.165, 1.54) is 0 Å². The summed E-state index contributed by atoms with van der Waals surface area (Å²) in [6.45, 7) is 0.725. The van der Waals surface area contributed by atoms with Gasteiger partial charge in [-0.3, -0.25) is 13.3 Å². The number of ether oxygens (including phenoxy) is 1. The standard InChI is InChI=1S/C25H24N2O7S4/c1-33-18-8-10-21-20(15-18)26(11-4-13-34-37(28)29)23(35-21)16-24-27(12-14-38(30,31)32)25-19-6-3-2-5-17(19)7-9-22(25)36-24/h2-3,5-10,15-16H,4,11-14H2,1H3,(H-,28,29,30,31,32)/p+1. The number of thiazole rings is 1. The third-order valence-corrected chi connectivity index (χ3v) is 9.36. The van der Waals surface area contributed by atoms with E-state index in [0.717, 1.165) is 41.6 Å². The minimum absolute atomic E-state index is 0.0908. The van der Waals surface area contributed by atoms with Gasteiger partial charge in [-0.05, 0) is 36.1 Å². The summed E-state index contributed by atoms with van der Waals surface area (Å²) < 4.78 is 65.9. The van der Waals surface area contributed by atoms with Gasteiger partial charge in [-0.1, -0.05) is 47.4 Å². The molecule has 1 aliphatic rings. The molecule has 1 unspecified atom stereocenters. The van der Waals surface area contributed by atoms with Crippen LogP contribution in [0.5, 0.6) is 5.75 Å². The van der Waals surface area contributed by atoms with Gasteiger partial charge in [0.05, 0.1) is 35.9 Å². The highest BCUT2D eigenvalue weighted by Gasteiger charge is 2.29. The maximum absolute atomic E-state index is 11.7. The van der Waals surface area contributed by atoms with Crippen molar-refractivity contribution >= 4 is 77.3 Å². The lowest BCUT2D eigenvalue weighted by atomic mass is 10.1. The second-order valence-corrected chi connectivity index (χ2v) is 12.8. The van der Waals surface area contributed by atoms with Crippen LogP contribution in [0.4, 0.5) is 5.69 Å². The first kappa shape index (κ1) is 27.1. The molecule has 1 atom stereocenters. The second-order valence-electron chi connectivity index (χ2n) is 8.47. The lowest BCUT2D eigenvalue weighted by Gasteiger charge is -2.20. The third kappa shape index (κ3) is 5.88. The van der Waals surface area contributed by atoms with Crippen LogP contribution in [-0.2, 0) is 32.2 Å². The number of aromatic nitrogens is 1. The van der Waals surface area contributed by atoms with Crippen molar-refractivity contribution < 1.29 is 35.2 Å². The molecule has 0 radical (unpaired) electrons. The minimum atomic E-state index is -4.18. The van der Waals surface area contributed by atoms with Gasteiger partial charge >= 0.3 is 11.4 Å². The zero-order valence-corrected chi connectivity index (χ0v) is 23.5. The monoisotopic (exact) mass is 593 g/mol. The van der Waals surface area contributed by atoms with Crippen molar-refractivity contribution in [2.75, 3.05) is 30.9 Å². The van der Waals surface area contributed by atoms with Gasteiger partial charge in [0, 0.05) is 17.5 Å². The molecule has 2 heterocycles. The highest BCUT2D eigenvalue weighted by molar-refractivity contribution is 8.03. The summed E-state index contributed by atoms with van der Waals surface area (Å²) in [4.78, 5) is 3.13. The van der Waals surface area contributed by atoms with Crippen molar-refractivity contribution in [1.29, 1.82) is 0 Å². The first-order chi connectivity index (χ1) is 18.2. The highest BCUT2D eigenvalue weighted by Crippen LogP contribution is 2.48. The number of fused-ring (bicyclic) bond motifs is 4. The molecule has 1 aliphatic heterocycles. The Bertz CT molecular complexity index is 1670. The molecule has 13 heteroatoms. The van der Waals surface area contributed by atoms with Crippen molar-refractivity contribution in [3.8, 4) is 5.75 Å². The Balaban J connectivity index is 1.60. The number of anilines is 1. The summed E-state index contributed by atoms with van der Waals surface area (Å²) >= 11 is 0.798. The van der Waals surface area contributed by atoms with E-state index < -0.39 is 27.2 Å². The summed E-state index contributed by atoms with van der Waals surface area (Å²) in [5, 5.41) is 3.78. The predicted octanol–water partition coefficient (Wildman–Crippen LogP) is 4.69. The number of benzene rings is 3. The number of hydrogen-bond acceptors (Lipinski definition) is 8. The average Bonchev–Trinajstić information content (AvgIpc) is 3.41. The van der Waals surface area contributed by atoms with Crippen LogP contribution in [0, 0.1) is 0 Å². The van der Waals surface area contributed by atoms with E-state index in [2.05, 4.69) is 4.90 Å². The Kier molecular flexibility index (Phi) is 8.05. The number of rotatable bonds is 10. The molecular formula is C25H25N2O7S4+. The Labute approximate surface area is 230 Å². The Morgan fingerprint density at radius 3 is 2.74 bits per heavy atom. The summed E-state index contributed by atoms with van der Waals surface area (Å²) in [6, 6.07) is 17.8. The number of aryl methyl sites for hydroxylation is 1. The number of methoxy groups -OCH3 is 1. The summed E-state index contributed by atoms with van der Waals surface area (Å²) in [6.07, 6.45) is 2.52. The summed E-state index contributed by atoms with van der Waals surface area (Å²) in [7, 11) is -2.57. The van der Waals surface area contributed by atoms with Gasteiger partial charge < -0.3 is 9.64 Å². The molecule has 200 valence electrons. The SMILES string of the molecule is COc1ccc2c(c1)N(CCCOS(=O)O)C(=Cc1sc3ccc4ccccc4c3[n+]1CCS(=O)(=O)O)S2. The normalized spacial score (nSPS) is 15.4. The first-order valence-electron chi connectivity index (χ1n) is 11.6. The van der Waals surface area contributed by atoms with Crippen molar-refractivity contribution in [1.82, 2.24) is 0 Å². The lowest BCUT2D eigenvalue weighted by Crippen LogP contribution is -2.38. The smallest absolute Gasteiger partial charge is 0.301 e. The molecule has 0 fully saturated rings. The van der Waals surface area contributed by atoms with E-state index in [0.29, 0.717) is 18.7 Å². The van der Waals surface area contributed by atoms with E-state index in [-0.39, 0.29) is 13.2 Å². The van der Waals surface area contributed by atoms with Gasteiger partial charge in [0.2, 0.25) is 5.52 Å². The molecule has 0 saturated heterocycles. The van der Waals surface area contributed by atoms with Crippen LogP contribution in [0.2, 0.25) is 0 Å². The first-order valence-corrected chi connectivity index (χ1v) is 15.9. The second kappa shape index (κ2) is 11.3. The molecule has 0 spiro atoms.